The molecule has 1 heterocycles. The quantitative estimate of drug-likeness (QED) is 0.895. The lowest BCUT2D eigenvalue weighted by molar-refractivity contribution is -0.131. The number of hydrogen-bond acceptors (Lipinski definition) is 3. The summed E-state index contributed by atoms with van der Waals surface area (Å²) in [6, 6.07) is 15.5. The van der Waals surface area contributed by atoms with Gasteiger partial charge in [-0.05, 0) is 48.2 Å². The number of methoxy groups -OCH3 is 1. The second-order valence-corrected chi connectivity index (χ2v) is 6.57. The predicted molar refractivity (Wildman–Crippen MR) is 101 cm³/mol. The molecule has 0 aliphatic carbocycles. The maximum absolute atomic E-state index is 12.8. The monoisotopic (exact) mass is 352 g/mol. The van der Waals surface area contributed by atoms with Gasteiger partial charge in [0, 0.05) is 19.2 Å². The molecule has 1 saturated heterocycles. The zero-order valence-electron chi connectivity index (χ0n) is 15.2. The van der Waals surface area contributed by atoms with Crippen LogP contribution in [0.15, 0.2) is 48.5 Å². The van der Waals surface area contributed by atoms with Crippen molar-refractivity contribution in [1.82, 2.24) is 4.90 Å². The van der Waals surface area contributed by atoms with Gasteiger partial charge in [-0.25, -0.2) is 0 Å². The molecule has 3 rings (SSSR count). The maximum atomic E-state index is 12.8. The van der Waals surface area contributed by atoms with E-state index in [0.29, 0.717) is 6.42 Å². The van der Waals surface area contributed by atoms with Crippen molar-refractivity contribution in [1.29, 1.82) is 0 Å². The molecule has 1 fully saturated rings. The minimum atomic E-state index is -0.103. The number of nitrogens with zero attached hydrogens (tertiary/aromatic N) is 1. The SMILES string of the molecule is COc1ccc(C2CCCN2C(=O)Cc2ccc(NC(C)=O)cc2)cc1. The molecule has 136 valence electrons. The molecule has 1 atom stereocenters. The number of nitrogens with one attached hydrogen (secondary N) is 1. The second kappa shape index (κ2) is 8.04. The second-order valence-electron chi connectivity index (χ2n) is 6.57. The van der Waals surface area contributed by atoms with Crippen LogP contribution in [0, 0.1) is 0 Å². The van der Waals surface area contributed by atoms with Crippen molar-refractivity contribution in [2.45, 2.75) is 32.2 Å². The fourth-order valence-electron chi connectivity index (χ4n) is 3.42. The highest BCUT2D eigenvalue weighted by molar-refractivity contribution is 5.88. The molecule has 2 aromatic carbocycles. The van der Waals surface area contributed by atoms with E-state index >= 15 is 0 Å². The van der Waals surface area contributed by atoms with E-state index in [1.54, 1.807) is 7.11 Å². The van der Waals surface area contributed by atoms with Crippen LogP contribution in [-0.4, -0.2) is 30.4 Å². The highest BCUT2D eigenvalue weighted by Crippen LogP contribution is 2.33. The van der Waals surface area contributed by atoms with Gasteiger partial charge in [0.05, 0.1) is 19.6 Å². The van der Waals surface area contributed by atoms with Crippen LogP contribution in [0.2, 0.25) is 0 Å². The summed E-state index contributed by atoms with van der Waals surface area (Å²) >= 11 is 0. The molecule has 2 aromatic rings. The number of carbonyl (C=O) groups is 2. The van der Waals surface area contributed by atoms with Crippen molar-refractivity contribution in [3.8, 4) is 5.75 Å². The first-order valence-electron chi connectivity index (χ1n) is 8.87. The smallest absolute Gasteiger partial charge is 0.227 e. The molecule has 0 bridgehead atoms. The third-order valence-corrected chi connectivity index (χ3v) is 4.70. The Morgan fingerprint density at radius 2 is 1.81 bits per heavy atom. The summed E-state index contributed by atoms with van der Waals surface area (Å²) in [4.78, 5) is 25.9. The highest BCUT2D eigenvalue weighted by Gasteiger charge is 2.29. The number of rotatable bonds is 5. The number of hydrogen-bond donors (Lipinski definition) is 1. The fraction of sp³-hybridized carbons (Fsp3) is 0.333. The van der Waals surface area contributed by atoms with E-state index in [2.05, 4.69) is 5.32 Å². The number of amides is 2. The van der Waals surface area contributed by atoms with Gasteiger partial charge >= 0.3 is 0 Å². The first-order chi connectivity index (χ1) is 12.6. The third kappa shape index (κ3) is 4.23. The molecule has 26 heavy (non-hydrogen) atoms. The van der Waals surface area contributed by atoms with Gasteiger partial charge in [-0.2, -0.15) is 0 Å². The standard InChI is InChI=1S/C21H24N2O3/c1-15(24)22-18-9-5-16(6-10-18)14-21(25)23-13-3-4-20(23)17-7-11-19(26-2)12-8-17/h5-12,20H,3-4,13-14H2,1-2H3,(H,22,24). The Morgan fingerprint density at radius 1 is 1.12 bits per heavy atom. The average Bonchev–Trinajstić information content (AvgIpc) is 3.13. The molecule has 1 unspecified atom stereocenters. The minimum Gasteiger partial charge on any atom is -0.497 e. The van der Waals surface area contributed by atoms with E-state index in [0.717, 1.165) is 42.0 Å². The molecule has 0 spiro atoms. The van der Waals surface area contributed by atoms with E-state index in [9.17, 15) is 9.59 Å². The van der Waals surface area contributed by atoms with Crippen molar-refractivity contribution in [3.63, 3.8) is 0 Å². The van der Waals surface area contributed by atoms with Crippen molar-refractivity contribution in [2.75, 3.05) is 19.0 Å². The first kappa shape index (κ1) is 18.0. The number of carbonyl (C=O) groups excluding carboxylic acids is 2. The zero-order chi connectivity index (χ0) is 18.5. The predicted octanol–water partition coefficient (Wildman–Crippen LogP) is 3.56. The zero-order valence-corrected chi connectivity index (χ0v) is 15.2. The Kier molecular flexibility index (Phi) is 5.56. The largest absolute Gasteiger partial charge is 0.497 e. The summed E-state index contributed by atoms with van der Waals surface area (Å²) < 4.78 is 5.21. The van der Waals surface area contributed by atoms with Crippen LogP contribution in [0.5, 0.6) is 5.75 Å². The lowest BCUT2D eigenvalue weighted by atomic mass is 10.0. The Labute approximate surface area is 154 Å². The van der Waals surface area contributed by atoms with E-state index in [1.807, 2.05) is 53.4 Å². The molecule has 2 amide bonds. The maximum Gasteiger partial charge on any atom is 0.227 e. The van der Waals surface area contributed by atoms with Crippen LogP contribution < -0.4 is 10.1 Å². The van der Waals surface area contributed by atoms with E-state index in [4.69, 9.17) is 4.74 Å². The van der Waals surface area contributed by atoms with Crippen LogP contribution >= 0.6 is 0 Å². The van der Waals surface area contributed by atoms with Gasteiger partial charge in [0.25, 0.3) is 0 Å². The van der Waals surface area contributed by atoms with E-state index in [1.165, 1.54) is 6.92 Å². The molecule has 1 N–H and O–H groups in total. The summed E-state index contributed by atoms with van der Waals surface area (Å²) in [7, 11) is 1.65. The number of likely N-dealkylation sites (tertiary alicyclic amines) is 1. The summed E-state index contributed by atoms with van der Waals surface area (Å²) in [5.41, 5.74) is 2.84. The van der Waals surface area contributed by atoms with Crippen molar-refractivity contribution in [2.24, 2.45) is 0 Å². The Bertz CT molecular complexity index is 769. The number of benzene rings is 2. The van der Waals surface area contributed by atoms with Gasteiger partial charge in [-0.15, -0.1) is 0 Å². The summed E-state index contributed by atoms with van der Waals surface area (Å²) in [5.74, 6) is 0.854. The van der Waals surface area contributed by atoms with Crippen LogP contribution in [0.3, 0.4) is 0 Å². The first-order valence-corrected chi connectivity index (χ1v) is 8.87. The number of anilines is 1. The molecule has 0 aromatic heterocycles. The van der Waals surface area contributed by atoms with Crippen molar-refractivity contribution < 1.29 is 14.3 Å². The summed E-state index contributed by atoms with van der Waals surface area (Å²) in [5, 5.41) is 2.73. The molecule has 1 aliphatic heterocycles. The lowest BCUT2D eigenvalue weighted by Crippen LogP contribution is -2.31. The van der Waals surface area contributed by atoms with Gasteiger partial charge in [-0.1, -0.05) is 24.3 Å². The molecular formula is C21H24N2O3. The average molecular weight is 352 g/mol. The van der Waals surface area contributed by atoms with Crippen LogP contribution in [0.4, 0.5) is 5.69 Å². The van der Waals surface area contributed by atoms with Crippen LogP contribution in [0.25, 0.3) is 0 Å². The van der Waals surface area contributed by atoms with Gasteiger partial charge in [0.2, 0.25) is 11.8 Å². The van der Waals surface area contributed by atoms with Crippen molar-refractivity contribution >= 4 is 17.5 Å². The fourth-order valence-corrected chi connectivity index (χ4v) is 3.42. The minimum absolute atomic E-state index is 0.103. The molecule has 0 radical (unpaired) electrons. The topological polar surface area (TPSA) is 58.6 Å². The van der Waals surface area contributed by atoms with Gasteiger partial charge < -0.3 is 15.0 Å². The molecule has 5 nitrogen and oxygen atoms in total. The van der Waals surface area contributed by atoms with Crippen molar-refractivity contribution in [3.05, 3.63) is 59.7 Å². The van der Waals surface area contributed by atoms with Gasteiger partial charge in [-0.3, -0.25) is 9.59 Å². The Balaban J connectivity index is 1.67. The molecule has 1 aliphatic rings. The van der Waals surface area contributed by atoms with Gasteiger partial charge in [0.1, 0.15) is 5.75 Å². The van der Waals surface area contributed by atoms with Crippen LogP contribution in [0.1, 0.15) is 36.9 Å². The highest BCUT2D eigenvalue weighted by atomic mass is 16.5. The van der Waals surface area contributed by atoms with Gasteiger partial charge in [0.15, 0.2) is 0 Å². The number of ether oxygens (including phenoxy) is 1. The molecule has 5 heteroatoms. The third-order valence-electron chi connectivity index (χ3n) is 4.70. The van der Waals surface area contributed by atoms with Crippen LogP contribution in [-0.2, 0) is 16.0 Å². The normalized spacial score (nSPS) is 16.4. The summed E-state index contributed by atoms with van der Waals surface area (Å²) in [6.45, 7) is 2.27. The summed E-state index contributed by atoms with van der Waals surface area (Å²) in [6.07, 6.45) is 2.37. The Hall–Kier alpha value is -2.82. The molecule has 0 saturated carbocycles. The molecular weight excluding hydrogens is 328 g/mol. The van der Waals surface area contributed by atoms with E-state index < -0.39 is 0 Å². The Morgan fingerprint density at radius 3 is 2.42 bits per heavy atom. The van der Waals surface area contributed by atoms with E-state index in [-0.39, 0.29) is 17.9 Å². The lowest BCUT2D eigenvalue weighted by Gasteiger charge is -2.25.